The second-order valence-corrected chi connectivity index (χ2v) is 5.50. The van der Waals surface area contributed by atoms with Crippen molar-refractivity contribution < 1.29 is 9.13 Å². The lowest BCUT2D eigenvalue weighted by molar-refractivity contribution is 0.157. The number of hydrogen-bond donors (Lipinski definition) is 1. The van der Waals surface area contributed by atoms with Gasteiger partial charge in [0.25, 0.3) is 0 Å². The van der Waals surface area contributed by atoms with Crippen LogP contribution in [-0.4, -0.2) is 37.4 Å². The van der Waals surface area contributed by atoms with Gasteiger partial charge < -0.3 is 9.64 Å². The summed E-state index contributed by atoms with van der Waals surface area (Å²) in [6.07, 6.45) is 2.11. The maximum absolute atomic E-state index is 14.0. The van der Waals surface area contributed by atoms with Crippen LogP contribution in [0.5, 0.6) is 5.75 Å². The van der Waals surface area contributed by atoms with Gasteiger partial charge >= 0.3 is 0 Å². The van der Waals surface area contributed by atoms with Crippen LogP contribution in [0.4, 0.5) is 10.1 Å². The van der Waals surface area contributed by atoms with Crippen LogP contribution in [0, 0.1) is 34.4 Å². The van der Waals surface area contributed by atoms with Crippen LogP contribution in [0.1, 0.15) is 12.8 Å². The van der Waals surface area contributed by atoms with Crippen LogP contribution in [0.15, 0.2) is 23.3 Å². The molecule has 0 amide bonds. The van der Waals surface area contributed by atoms with E-state index in [4.69, 9.17) is 15.3 Å². The van der Waals surface area contributed by atoms with E-state index in [9.17, 15) is 4.39 Å². The van der Waals surface area contributed by atoms with Crippen molar-refractivity contribution in [2.75, 3.05) is 32.2 Å². The Hall–Kier alpha value is -2.64. The van der Waals surface area contributed by atoms with Gasteiger partial charge in [0.05, 0.1) is 12.3 Å². The number of anilines is 1. The number of halogens is 1. The summed E-state index contributed by atoms with van der Waals surface area (Å²) in [6.45, 7) is 2.58. The third-order valence-corrected chi connectivity index (χ3v) is 3.75. The third-order valence-electron chi connectivity index (χ3n) is 3.75. The average molecular weight is 315 g/mol. The highest BCUT2D eigenvalue weighted by Gasteiger charge is 2.17. The minimum Gasteiger partial charge on any atom is -0.490 e. The van der Waals surface area contributed by atoms with E-state index in [0.717, 1.165) is 25.9 Å². The highest BCUT2D eigenvalue weighted by atomic mass is 19.1. The first kappa shape index (κ1) is 16.7. The summed E-state index contributed by atoms with van der Waals surface area (Å²) in [6, 6.07) is 7.55. The second kappa shape index (κ2) is 8.11. The quantitative estimate of drug-likeness (QED) is 0.666. The highest BCUT2D eigenvalue weighted by Crippen LogP contribution is 2.23. The van der Waals surface area contributed by atoms with Gasteiger partial charge in [-0.25, -0.2) is 4.39 Å². The van der Waals surface area contributed by atoms with Gasteiger partial charge in [-0.05, 0) is 51.0 Å². The molecule has 1 aliphatic heterocycles. The van der Waals surface area contributed by atoms with Crippen LogP contribution in [0.2, 0.25) is 0 Å². The summed E-state index contributed by atoms with van der Waals surface area (Å²) in [7, 11) is 2.09. The van der Waals surface area contributed by atoms with Crippen molar-refractivity contribution in [1.29, 1.82) is 10.5 Å². The Morgan fingerprint density at radius 2 is 2.09 bits per heavy atom. The number of nitrogens with one attached hydrogen (secondary N) is 1. The minimum atomic E-state index is -0.506. The van der Waals surface area contributed by atoms with Crippen molar-refractivity contribution in [2.45, 2.75) is 12.8 Å². The predicted molar refractivity (Wildman–Crippen MR) is 84.4 cm³/mol. The summed E-state index contributed by atoms with van der Waals surface area (Å²) in [5, 5.41) is 20.7. The number of piperidine rings is 1. The van der Waals surface area contributed by atoms with E-state index in [2.05, 4.69) is 22.5 Å². The van der Waals surface area contributed by atoms with E-state index in [1.54, 1.807) is 18.2 Å². The second-order valence-electron chi connectivity index (χ2n) is 5.50. The summed E-state index contributed by atoms with van der Waals surface area (Å²) in [5.41, 5.74) is 2.49. The molecule has 7 heteroatoms. The van der Waals surface area contributed by atoms with Gasteiger partial charge in [-0.15, -0.1) is 0 Å². The van der Waals surface area contributed by atoms with Crippen molar-refractivity contribution in [3.8, 4) is 17.9 Å². The molecule has 1 saturated heterocycles. The molecular formula is C16H18FN5O. The fourth-order valence-corrected chi connectivity index (χ4v) is 2.32. The first-order valence-electron chi connectivity index (χ1n) is 7.37. The lowest BCUT2D eigenvalue weighted by Crippen LogP contribution is -2.32. The molecule has 0 atom stereocenters. The molecule has 1 aromatic carbocycles. The summed E-state index contributed by atoms with van der Waals surface area (Å²) in [4.78, 5) is 2.27. The predicted octanol–water partition coefficient (Wildman–Crippen LogP) is 2.36. The molecule has 0 radical (unpaired) electrons. The number of ether oxygens (including phenoxy) is 1. The van der Waals surface area contributed by atoms with E-state index in [-0.39, 0.29) is 11.5 Å². The molecule has 0 aromatic heterocycles. The topological polar surface area (TPSA) is 84.4 Å². The van der Waals surface area contributed by atoms with Crippen molar-refractivity contribution in [3.63, 3.8) is 0 Å². The Labute approximate surface area is 134 Å². The highest BCUT2D eigenvalue weighted by molar-refractivity contribution is 6.10. The molecule has 0 unspecified atom stereocenters. The van der Waals surface area contributed by atoms with E-state index in [0.29, 0.717) is 18.2 Å². The number of rotatable bonds is 5. The fraction of sp³-hybridized carbons (Fsp3) is 0.438. The largest absolute Gasteiger partial charge is 0.490 e. The summed E-state index contributed by atoms with van der Waals surface area (Å²) >= 11 is 0. The Morgan fingerprint density at radius 3 is 2.70 bits per heavy atom. The van der Waals surface area contributed by atoms with Gasteiger partial charge in [-0.2, -0.15) is 15.6 Å². The smallest absolute Gasteiger partial charge is 0.237 e. The Kier molecular flexibility index (Phi) is 5.90. The van der Waals surface area contributed by atoms with Crippen LogP contribution >= 0.6 is 0 Å². The lowest BCUT2D eigenvalue weighted by atomic mass is 9.98. The molecule has 0 saturated carbocycles. The molecule has 0 spiro atoms. The number of nitrogens with zero attached hydrogens (tertiary/aromatic N) is 4. The molecule has 6 nitrogen and oxygen atoms in total. The molecular weight excluding hydrogens is 297 g/mol. The lowest BCUT2D eigenvalue weighted by Gasteiger charge is -2.28. The third kappa shape index (κ3) is 4.94. The molecule has 1 aliphatic rings. The Balaban J connectivity index is 1.91. The molecule has 0 aliphatic carbocycles. The minimum absolute atomic E-state index is 0.194. The molecule has 1 aromatic rings. The monoisotopic (exact) mass is 315 g/mol. The molecule has 1 heterocycles. The van der Waals surface area contributed by atoms with E-state index >= 15 is 0 Å². The molecule has 1 fully saturated rings. The maximum atomic E-state index is 14.0. The number of hydrazone groups is 1. The van der Waals surface area contributed by atoms with Crippen molar-refractivity contribution in [2.24, 2.45) is 11.0 Å². The van der Waals surface area contributed by atoms with Crippen molar-refractivity contribution in [3.05, 3.63) is 24.0 Å². The Bertz CT molecular complexity index is 637. The van der Waals surface area contributed by atoms with Crippen LogP contribution in [0.3, 0.4) is 0 Å². The first-order chi connectivity index (χ1) is 11.1. The number of nitriles is 2. The summed E-state index contributed by atoms with van der Waals surface area (Å²) < 4.78 is 19.6. The van der Waals surface area contributed by atoms with Gasteiger partial charge in [0.15, 0.2) is 11.6 Å². The van der Waals surface area contributed by atoms with E-state index in [1.165, 1.54) is 12.1 Å². The molecule has 1 N–H and O–H groups in total. The van der Waals surface area contributed by atoms with Crippen molar-refractivity contribution in [1.82, 2.24) is 4.90 Å². The molecule has 120 valence electrons. The van der Waals surface area contributed by atoms with Crippen LogP contribution in [0.25, 0.3) is 0 Å². The first-order valence-corrected chi connectivity index (χ1v) is 7.37. The molecule has 23 heavy (non-hydrogen) atoms. The fourth-order valence-electron chi connectivity index (χ4n) is 2.32. The van der Waals surface area contributed by atoms with Gasteiger partial charge in [0.1, 0.15) is 12.1 Å². The van der Waals surface area contributed by atoms with Crippen LogP contribution < -0.4 is 10.2 Å². The van der Waals surface area contributed by atoms with Gasteiger partial charge in [0, 0.05) is 6.07 Å². The standard InChI is InChI=1S/C16H18FN5O/c1-22-6-4-12(5-7-22)11-23-16-3-2-13(8-15(16)17)20-21-14(9-18)10-19/h2-3,8,12,20H,4-7,11H2,1H3. The SMILES string of the molecule is CN1CCC(COc2ccc(NN=C(C#N)C#N)cc2F)CC1. The zero-order chi connectivity index (χ0) is 16.7. The molecule has 0 bridgehead atoms. The van der Waals surface area contributed by atoms with E-state index < -0.39 is 5.82 Å². The molecule has 2 rings (SSSR count). The van der Waals surface area contributed by atoms with Crippen molar-refractivity contribution >= 4 is 11.4 Å². The average Bonchev–Trinajstić information content (AvgIpc) is 2.56. The number of hydrogen-bond acceptors (Lipinski definition) is 6. The van der Waals surface area contributed by atoms with Gasteiger partial charge in [-0.3, -0.25) is 5.43 Å². The zero-order valence-corrected chi connectivity index (χ0v) is 12.9. The normalized spacial score (nSPS) is 15.3. The number of likely N-dealkylation sites (tertiary alicyclic amines) is 1. The maximum Gasteiger partial charge on any atom is 0.237 e. The number of benzene rings is 1. The van der Waals surface area contributed by atoms with E-state index in [1.807, 2.05) is 0 Å². The summed E-state index contributed by atoms with van der Waals surface area (Å²) in [5.74, 6) is 0.134. The zero-order valence-electron chi connectivity index (χ0n) is 12.9. The van der Waals surface area contributed by atoms with Gasteiger partial charge in [-0.1, -0.05) is 0 Å². The van der Waals surface area contributed by atoms with Gasteiger partial charge in [0.2, 0.25) is 5.71 Å². The van der Waals surface area contributed by atoms with Crippen LogP contribution in [-0.2, 0) is 0 Å². The Morgan fingerprint density at radius 1 is 1.39 bits per heavy atom.